The quantitative estimate of drug-likeness (QED) is 0.817. The molecular weight excluding hydrogens is 328 g/mol. The lowest BCUT2D eigenvalue weighted by Crippen LogP contribution is -2.57. The first-order chi connectivity index (χ1) is 11.4. The summed E-state index contributed by atoms with van der Waals surface area (Å²) in [6, 6.07) is 5.37. The maximum atomic E-state index is 12.1. The summed E-state index contributed by atoms with van der Waals surface area (Å²) in [5.41, 5.74) is 0.859. The number of carbonyl (C=O) groups is 1. The molecule has 1 aromatic carbocycles. The van der Waals surface area contributed by atoms with E-state index >= 15 is 0 Å². The molecule has 1 aliphatic rings. The zero-order valence-electron chi connectivity index (χ0n) is 14.7. The number of aryl methyl sites for hydroxylation is 1. The van der Waals surface area contributed by atoms with Gasteiger partial charge in [0, 0.05) is 30.2 Å². The molecular formula is C18H27ClN2O3. The van der Waals surface area contributed by atoms with E-state index in [4.69, 9.17) is 21.1 Å². The maximum Gasteiger partial charge on any atom is 0.258 e. The molecule has 2 rings (SSSR count). The molecule has 0 saturated carbocycles. The van der Waals surface area contributed by atoms with Crippen LogP contribution in [0.25, 0.3) is 0 Å². The number of nitrogens with zero attached hydrogens (tertiary/aromatic N) is 1. The summed E-state index contributed by atoms with van der Waals surface area (Å²) >= 11 is 5.92. The second kappa shape index (κ2) is 8.70. The van der Waals surface area contributed by atoms with Crippen molar-refractivity contribution in [2.24, 2.45) is 0 Å². The van der Waals surface area contributed by atoms with Crippen LogP contribution in [0.5, 0.6) is 5.75 Å². The predicted octanol–water partition coefficient (Wildman–Crippen LogP) is 2.64. The number of morpholine rings is 1. The maximum absolute atomic E-state index is 12.1. The molecule has 1 saturated heterocycles. The van der Waals surface area contributed by atoms with E-state index in [1.54, 1.807) is 12.1 Å². The summed E-state index contributed by atoms with van der Waals surface area (Å²) in [5, 5.41) is 3.66. The van der Waals surface area contributed by atoms with Crippen molar-refractivity contribution in [3.8, 4) is 5.75 Å². The molecule has 1 aromatic rings. The SMILES string of the molecule is CC[C@@](C)(CNC(=O)COc1ccc(Cl)cc1C)N1CCOCC1. The summed E-state index contributed by atoms with van der Waals surface area (Å²) in [6.45, 7) is 10.2. The molecule has 1 N–H and O–H groups in total. The minimum atomic E-state index is -0.114. The lowest BCUT2D eigenvalue weighted by Gasteiger charge is -2.43. The fourth-order valence-corrected chi connectivity index (χ4v) is 3.05. The van der Waals surface area contributed by atoms with Crippen molar-refractivity contribution in [3.63, 3.8) is 0 Å². The second-order valence-electron chi connectivity index (χ2n) is 6.43. The number of hydrogen-bond acceptors (Lipinski definition) is 4. The van der Waals surface area contributed by atoms with Crippen LogP contribution in [0.4, 0.5) is 0 Å². The minimum absolute atomic E-state index is 0.00534. The lowest BCUT2D eigenvalue weighted by molar-refractivity contribution is -0.124. The largest absolute Gasteiger partial charge is 0.484 e. The molecule has 1 atom stereocenters. The van der Waals surface area contributed by atoms with Crippen molar-refractivity contribution in [2.45, 2.75) is 32.7 Å². The van der Waals surface area contributed by atoms with Gasteiger partial charge in [0.05, 0.1) is 13.2 Å². The summed E-state index contributed by atoms with van der Waals surface area (Å²) in [4.78, 5) is 14.5. The average molecular weight is 355 g/mol. The van der Waals surface area contributed by atoms with Crippen LogP contribution >= 0.6 is 11.6 Å². The van der Waals surface area contributed by atoms with Crippen LogP contribution < -0.4 is 10.1 Å². The topological polar surface area (TPSA) is 50.8 Å². The molecule has 1 amide bonds. The second-order valence-corrected chi connectivity index (χ2v) is 6.86. The Labute approximate surface area is 149 Å². The van der Waals surface area contributed by atoms with Gasteiger partial charge in [0.15, 0.2) is 6.61 Å². The van der Waals surface area contributed by atoms with Crippen LogP contribution in [-0.2, 0) is 9.53 Å². The molecule has 0 radical (unpaired) electrons. The summed E-state index contributed by atoms with van der Waals surface area (Å²) in [5.74, 6) is 0.568. The van der Waals surface area contributed by atoms with E-state index in [-0.39, 0.29) is 18.1 Å². The van der Waals surface area contributed by atoms with Gasteiger partial charge in [-0.25, -0.2) is 0 Å². The highest BCUT2D eigenvalue weighted by Gasteiger charge is 2.31. The Balaban J connectivity index is 1.82. The fraction of sp³-hybridized carbons (Fsp3) is 0.611. The number of amides is 1. The molecule has 6 heteroatoms. The van der Waals surface area contributed by atoms with Crippen molar-refractivity contribution in [1.29, 1.82) is 0 Å². The van der Waals surface area contributed by atoms with Gasteiger partial charge < -0.3 is 14.8 Å². The number of nitrogens with one attached hydrogen (secondary N) is 1. The normalized spacial score (nSPS) is 18.0. The number of carbonyl (C=O) groups excluding carboxylic acids is 1. The number of ether oxygens (including phenoxy) is 2. The Hall–Kier alpha value is -1.30. The first-order valence-electron chi connectivity index (χ1n) is 8.43. The Morgan fingerprint density at radius 3 is 2.75 bits per heavy atom. The third-order valence-corrected chi connectivity index (χ3v) is 4.93. The molecule has 1 heterocycles. The van der Waals surface area contributed by atoms with Gasteiger partial charge in [0.2, 0.25) is 0 Å². The molecule has 0 unspecified atom stereocenters. The molecule has 0 bridgehead atoms. The first kappa shape index (κ1) is 19.0. The van der Waals surface area contributed by atoms with E-state index in [1.165, 1.54) is 0 Å². The average Bonchev–Trinajstić information content (AvgIpc) is 2.59. The van der Waals surface area contributed by atoms with Gasteiger partial charge >= 0.3 is 0 Å². The van der Waals surface area contributed by atoms with Crippen molar-refractivity contribution in [1.82, 2.24) is 10.2 Å². The van der Waals surface area contributed by atoms with Gasteiger partial charge in [-0.2, -0.15) is 0 Å². The van der Waals surface area contributed by atoms with Crippen molar-refractivity contribution in [2.75, 3.05) is 39.5 Å². The van der Waals surface area contributed by atoms with Crippen molar-refractivity contribution >= 4 is 17.5 Å². The van der Waals surface area contributed by atoms with Gasteiger partial charge in [-0.15, -0.1) is 0 Å². The van der Waals surface area contributed by atoms with E-state index in [9.17, 15) is 4.79 Å². The standard InChI is InChI=1S/C18H27ClN2O3/c1-4-18(3,21-7-9-23-10-8-21)13-20-17(22)12-24-16-6-5-15(19)11-14(16)2/h5-6,11H,4,7-10,12-13H2,1-3H3,(H,20,22)/t18-/m0/s1. The minimum Gasteiger partial charge on any atom is -0.484 e. The summed E-state index contributed by atoms with van der Waals surface area (Å²) in [7, 11) is 0. The number of benzene rings is 1. The monoisotopic (exact) mass is 354 g/mol. The highest BCUT2D eigenvalue weighted by Crippen LogP contribution is 2.22. The first-order valence-corrected chi connectivity index (χ1v) is 8.81. The highest BCUT2D eigenvalue weighted by molar-refractivity contribution is 6.30. The molecule has 0 spiro atoms. The molecule has 134 valence electrons. The van der Waals surface area contributed by atoms with Crippen LogP contribution in [0.15, 0.2) is 18.2 Å². The molecule has 0 aromatic heterocycles. The molecule has 0 aliphatic carbocycles. The Morgan fingerprint density at radius 1 is 1.42 bits per heavy atom. The third-order valence-electron chi connectivity index (χ3n) is 4.70. The van der Waals surface area contributed by atoms with Crippen LogP contribution in [0.3, 0.4) is 0 Å². The zero-order valence-corrected chi connectivity index (χ0v) is 15.5. The van der Waals surface area contributed by atoms with E-state index in [1.807, 2.05) is 13.0 Å². The van der Waals surface area contributed by atoms with Crippen LogP contribution in [0.1, 0.15) is 25.8 Å². The highest BCUT2D eigenvalue weighted by atomic mass is 35.5. The predicted molar refractivity (Wildman–Crippen MR) is 95.8 cm³/mol. The van der Waals surface area contributed by atoms with E-state index in [0.29, 0.717) is 17.3 Å². The number of hydrogen-bond donors (Lipinski definition) is 1. The fourth-order valence-electron chi connectivity index (χ4n) is 2.82. The van der Waals surface area contributed by atoms with Gasteiger partial charge in [0.1, 0.15) is 5.75 Å². The van der Waals surface area contributed by atoms with Gasteiger partial charge in [0.25, 0.3) is 5.91 Å². The van der Waals surface area contributed by atoms with E-state index in [2.05, 4.69) is 24.1 Å². The third kappa shape index (κ3) is 5.10. The van der Waals surface area contributed by atoms with Crippen molar-refractivity contribution < 1.29 is 14.3 Å². The zero-order chi connectivity index (χ0) is 17.6. The smallest absolute Gasteiger partial charge is 0.258 e. The number of rotatable bonds is 7. The molecule has 1 aliphatic heterocycles. The van der Waals surface area contributed by atoms with E-state index < -0.39 is 0 Å². The molecule has 24 heavy (non-hydrogen) atoms. The van der Waals surface area contributed by atoms with Crippen LogP contribution in [0, 0.1) is 6.92 Å². The summed E-state index contributed by atoms with van der Waals surface area (Å²) < 4.78 is 11.0. The lowest BCUT2D eigenvalue weighted by atomic mass is 9.95. The van der Waals surface area contributed by atoms with Gasteiger partial charge in [-0.05, 0) is 44.0 Å². The summed E-state index contributed by atoms with van der Waals surface area (Å²) in [6.07, 6.45) is 0.963. The Kier molecular flexibility index (Phi) is 6.90. The van der Waals surface area contributed by atoms with E-state index in [0.717, 1.165) is 38.3 Å². The molecule has 1 fully saturated rings. The van der Waals surface area contributed by atoms with Crippen LogP contribution in [-0.4, -0.2) is 55.8 Å². The Bertz CT molecular complexity index is 561. The van der Waals surface area contributed by atoms with Crippen molar-refractivity contribution in [3.05, 3.63) is 28.8 Å². The number of halogens is 1. The van der Waals surface area contributed by atoms with Crippen LogP contribution in [0.2, 0.25) is 5.02 Å². The Morgan fingerprint density at radius 2 is 2.12 bits per heavy atom. The molecule has 5 nitrogen and oxygen atoms in total. The van der Waals surface area contributed by atoms with Gasteiger partial charge in [-0.3, -0.25) is 9.69 Å². The van der Waals surface area contributed by atoms with Gasteiger partial charge in [-0.1, -0.05) is 18.5 Å².